The van der Waals surface area contributed by atoms with Crippen molar-refractivity contribution in [3.05, 3.63) is 29.6 Å². The van der Waals surface area contributed by atoms with E-state index in [2.05, 4.69) is 4.90 Å². The number of anilines is 1. The second-order valence-electron chi connectivity index (χ2n) is 3.82. The van der Waals surface area contributed by atoms with Crippen LogP contribution in [0.4, 0.5) is 10.1 Å². The summed E-state index contributed by atoms with van der Waals surface area (Å²) in [5, 5.41) is 0. The number of halogens is 1. The molecule has 1 aliphatic carbocycles. The van der Waals surface area contributed by atoms with Gasteiger partial charge in [0.15, 0.2) is 0 Å². The summed E-state index contributed by atoms with van der Waals surface area (Å²) in [6.45, 7) is 0.263. The lowest BCUT2D eigenvalue weighted by Gasteiger charge is -2.19. The average Bonchev–Trinajstić information content (AvgIpc) is 3.00. The highest BCUT2D eigenvalue weighted by atomic mass is 19.1. The van der Waals surface area contributed by atoms with E-state index in [0.29, 0.717) is 11.6 Å². The lowest BCUT2D eigenvalue weighted by molar-refractivity contribution is 0.610. The molecule has 2 N–H and O–H groups in total. The van der Waals surface area contributed by atoms with E-state index in [1.165, 1.54) is 12.8 Å². The standard InChI is InChI=1S/C11H15FN2/c1-14(9-4-5-9)10-3-2-8(7-13)11(12)6-10/h2-3,6,9H,4-5,7,13H2,1H3. The van der Waals surface area contributed by atoms with Crippen LogP contribution in [-0.2, 0) is 6.54 Å². The van der Waals surface area contributed by atoms with Gasteiger partial charge in [-0.2, -0.15) is 0 Å². The van der Waals surface area contributed by atoms with E-state index in [0.717, 1.165) is 5.69 Å². The molecule has 1 aromatic rings. The van der Waals surface area contributed by atoms with Crippen LogP contribution in [0.25, 0.3) is 0 Å². The Labute approximate surface area is 83.5 Å². The highest BCUT2D eigenvalue weighted by molar-refractivity contribution is 5.49. The fourth-order valence-electron chi connectivity index (χ4n) is 1.59. The molecule has 1 aromatic carbocycles. The molecule has 0 unspecified atom stereocenters. The minimum Gasteiger partial charge on any atom is -0.372 e. The van der Waals surface area contributed by atoms with Gasteiger partial charge in [0, 0.05) is 30.9 Å². The van der Waals surface area contributed by atoms with Gasteiger partial charge in [0.05, 0.1) is 0 Å². The molecule has 0 bridgehead atoms. The van der Waals surface area contributed by atoms with Crippen LogP contribution in [0.1, 0.15) is 18.4 Å². The normalized spacial score (nSPS) is 15.6. The highest BCUT2D eigenvalue weighted by Crippen LogP contribution is 2.30. The molecule has 1 aliphatic rings. The van der Waals surface area contributed by atoms with E-state index in [1.54, 1.807) is 12.1 Å². The van der Waals surface area contributed by atoms with Crippen molar-refractivity contribution >= 4 is 5.69 Å². The van der Waals surface area contributed by atoms with Crippen LogP contribution in [-0.4, -0.2) is 13.1 Å². The minimum atomic E-state index is -0.197. The van der Waals surface area contributed by atoms with E-state index < -0.39 is 0 Å². The van der Waals surface area contributed by atoms with Gasteiger partial charge in [-0.15, -0.1) is 0 Å². The third-order valence-corrected chi connectivity index (χ3v) is 2.76. The van der Waals surface area contributed by atoms with Gasteiger partial charge < -0.3 is 10.6 Å². The Morgan fingerprint density at radius 1 is 1.50 bits per heavy atom. The van der Waals surface area contributed by atoms with Crippen molar-refractivity contribution < 1.29 is 4.39 Å². The number of nitrogens with two attached hydrogens (primary N) is 1. The first-order valence-electron chi connectivity index (χ1n) is 4.93. The monoisotopic (exact) mass is 194 g/mol. The van der Waals surface area contributed by atoms with Crippen molar-refractivity contribution in [2.75, 3.05) is 11.9 Å². The van der Waals surface area contributed by atoms with E-state index in [1.807, 2.05) is 13.1 Å². The summed E-state index contributed by atoms with van der Waals surface area (Å²) in [5.74, 6) is -0.197. The molecule has 0 heterocycles. The van der Waals surface area contributed by atoms with E-state index in [-0.39, 0.29) is 12.4 Å². The summed E-state index contributed by atoms with van der Waals surface area (Å²) in [6, 6.07) is 5.88. The number of hydrogen-bond donors (Lipinski definition) is 1. The molecule has 0 amide bonds. The minimum absolute atomic E-state index is 0.197. The summed E-state index contributed by atoms with van der Waals surface area (Å²) in [5.41, 5.74) is 6.92. The molecular weight excluding hydrogens is 179 g/mol. The Balaban J connectivity index is 2.22. The zero-order valence-corrected chi connectivity index (χ0v) is 8.33. The molecule has 0 saturated heterocycles. The van der Waals surface area contributed by atoms with Gasteiger partial charge >= 0.3 is 0 Å². The van der Waals surface area contributed by atoms with Crippen LogP contribution in [0.2, 0.25) is 0 Å². The van der Waals surface area contributed by atoms with Gasteiger partial charge in [-0.25, -0.2) is 4.39 Å². The van der Waals surface area contributed by atoms with Gasteiger partial charge in [-0.3, -0.25) is 0 Å². The largest absolute Gasteiger partial charge is 0.372 e. The molecule has 1 fully saturated rings. The molecule has 2 rings (SSSR count). The SMILES string of the molecule is CN(c1ccc(CN)c(F)c1)C1CC1. The van der Waals surface area contributed by atoms with Crippen molar-refractivity contribution in [3.63, 3.8) is 0 Å². The quantitative estimate of drug-likeness (QED) is 0.796. The third kappa shape index (κ3) is 1.73. The van der Waals surface area contributed by atoms with E-state index in [4.69, 9.17) is 5.73 Å². The smallest absolute Gasteiger partial charge is 0.129 e. The maximum Gasteiger partial charge on any atom is 0.129 e. The molecule has 0 aliphatic heterocycles. The van der Waals surface area contributed by atoms with Gasteiger partial charge in [-0.05, 0) is 25.0 Å². The Bertz CT molecular complexity index is 334. The van der Waals surface area contributed by atoms with Crippen LogP contribution in [0.15, 0.2) is 18.2 Å². The highest BCUT2D eigenvalue weighted by Gasteiger charge is 2.26. The van der Waals surface area contributed by atoms with Crippen molar-refractivity contribution in [3.8, 4) is 0 Å². The Morgan fingerprint density at radius 2 is 2.21 bits per heavy atom. The molecule has 0 radical (unpaired) electrons. The Hall–Kier alpha value is -1.09. The van der Waals surface area contributed by atoms with E-state index >= 15 is 0 Å². The first-order valence-corrected chi connectivity index (χ1v) is 4.93. The lowest BCUT2D eigenvalue weighted by Crippen LogP contribution is -2.19. The second kappa shape index (κ2) is 3.58. The first-order chi connectivity index (χ1) is 6.72. The maximum absolute atomic E-state index is 13.4. The molecule has 1 saturated carbocycles. The summed E-state index contributed by atoms with van der Waals surface area (Å²) in [4.78, 5) is 2.13. The molecule has 0 spiro atoms. The molecule has 2 nitrogen and oxygen atoms in total. The predicted octanol–water partition coefficient (Wildman–Crippen LogP) is 1.88. The van der Waals surface area contributed by atoms with Crippen LogP contribution in [0.3, 0.4) is 0 Å². The summed E-state index contributed by atoms with van der Waals surface area (Å²) < 4.78 is 13.4. The van der Waals surface area contributed by atoms with E-state index in [9.17, 15) is 4.39 Å². The van der Waals surface area contributed by atoms with Crippen molar-refractivity contribution in [1.82, 2.24) is 0 Å². The topological polar surface area (TPSA) is 29.3 Å². The number of benzene rings is 1. The van der Waals surface area contributed by atoms with Gasteiger partial charge in [-0.1, -0.05) is 6.07 Å². The summed E-state index contributed by atoms with van der Waals surface area (Å²) in [6.07, 6.45) is 2.44. The zero-order chi connectivity index (χ0) is 10.1. The second-order valence-corrected chi connectivity index (χ2v) is 3.82. The average molecular weight is 194 g/mol. The maximum atomic E-state index is 13.4. The summed E-state index contributed by atoms with van der Waals surface area (Å²) >= 11 is 0. The third-order valence-electron chi connectivity index (χ3n) is 2.76. The van der Waals surface area contributed by atoms with Gasteiger partial charge in [0.2, 0.25) is 0 Å². The summed E-state index contributed by atoms with van der Waals surface area (Å²) in [7, 11) is 2.01. The van der Waals surface area contributed by atoms with Crippen LogP contribution >= 0.6 is 0 Å². The molecule has 14 heavy (non-hydrogen) atoms. The number of nitrogens with zero attached hydrogens (tertiary/aromatic N) is 1. The van der Waals surface area contributed by atoms with Gasteiger partial charge in [0.1, 0.15) is 5.82 Å². The first kappa shape index (κ1) is 9.46. The molecule has 76 valence electrons. The molecule has 3 heteroatoms. The molecule has 0 aromatic heterocycles. The number of rotatable bonds is 3. The fourth-order valence-corrected chi connectivity index (χ4v) is 1.59. The lowest BCUT2D eigenvalue weighted by atomic mass is 10.2. The van der Waals surface area contributed by atoms with Crippen molar-refractivity contribution in [2.24, 2.45) is 5.73 Å². The van der Waals surface area contributed by atoms with Crippen molar-refractivity contribution in [1.29, 1.82) is 0 Å². The zero-order valence-electron chi connectivity index (χ0n) is 8.33. The van der Waals surface area contributed by atoms with Crippen LogP contribution in [0.5, 0.6) is 0 Å². The molecule has 0 atom stereocenters. The van der Waals surface area contributed by atoms with Gasteiger partial charge in [0.25, 0.3) is 0 Å². The number of hydrogen-bond acceptors (Lipinski definition) is 2. The molecular formula is C11H15FN2. The van der Waals surface area contributed by atoms with Crippen molar-refractivity contribution in [2.45, 2.75) is 25.4 Å². The van der Waals surface area contributed by atoms with Crippen LogP contribution < -0.4 is 10.6 Å². The Kier molecular flexibility index (Phi) is 2.42. The van der Waals surface area contributed by atoms with Crippen LogP contribution in [0, 0.1) is 5.82 Å². The Morgan fingerprint density at radius 3 is 2.71 bits per heavy atom. The predicted molar refractivity (Wildman–Crippen MR) is 55.7 cm³/mol. The fraction of sp³-hybridized carbons (Fsp3) is 0.455.